The number of aryl methyl sites for hydroxylation is 1. The molecule has 27 heavy (non-hydrogen) atoms. The zero-order chi connectivity index (χ0) is 18.8. The summed E-state index contributed by atoms with van der Waals surface area (Å²) >= 11 is 0. The van der Waals surface area contributed by atoms with Gasteiger partial charge in [-0.05, 0) is 43.4 Å². The van der Waals surface area contributed by atoms with E-state index in [0.29, 0.717) is 31.1 Å². The van der Waals surface area contributed by atoms with Crippen LogP contribution in [-0.2, 0) is 11.2 Å². The first kappa shape index (κ1) is 17.7. The van der Waals surface area contributed by atoms with Gasteiger partial charge in [-0.2, -0.15) is 0 Å². The maximum Gasteiger partial charge on any atom is 0.272 e. The maximum absolute atomic E-state index is 13.0. The molecule has 1 aromatic heterocycles. The van der Waals surface area contributed by atoms with Gasteiger partial charge in [-0.1, -0.05) is 35.9 Å². The zero-order valence-corrected chi connectivity index (χ0v) is 15.7. The fourth-order valence-corrected chi connectivity index (χ4v) is 4.30. The minimum absolute atomic E-state index is 0.0273. The van der Waals surface area contributed by atoms with Gasteiger partial charge in [-0.15, -0.1) is 0 Å². The van der Waals surface area contributed by atoms with Gasteiger partial charge >= 0.3 is 0 Å². The highest BCUT2D eigenvalue weighted by atomic mass is 16.2. The van der Waals surface area contributed by atoms with Crippen LogP contribution in [0.2, 0.25) is 0 Å². The largest absolute Gasteiger partial charge is 0.337 e. The highest BCUT2D eigenvalue weighted by molar-refractivity contribution is 5.92. The van der Waals surface area contributed by atoms with Crippen molar-refractivity contribution >= 4 is 11.8 Å². The lowest BCUT2D eigenvalue weighted by atomic mass is 9.94. The molecule has 3 aliphatic rings. The highest BCUT2D eigenvalue weighted by Gasteiger charge is 2.38. The summed E-state index contributed by atoms with van der Waals surface area (Å²) in [5.41, 5.74) is 2.71. The van der Waals surface area contributed by atoms with E-state index < -0.39 is 0 Å². The molecule has 0 radical (unpaired) electrons. The van der Waals surface area contributed by atoms with Gasteiger partial charge < -0.3 is 9.80 Å². The van der Waals surface area contributed by atoms with Crippen molar-refractivity contribution < 1.29 is 9.59 Å². The third-order valence-corrected chi connectivity index (χ3v) is 5.64. The molecule has 3 aliphatic heterocycles. The first-order chi connectivity index (χ1) is 13.1. The van der Waals surface area contributed by atoms with E-state index in [9.17, 15) is 9.59 Å². The lowest BCUT2D eigenvalue weighted by Crippen LogP contribution is -2.48. The smallest absolute Gasteiger partial charge is 0.272 e. The summed E-state index contributed by atoms with van der Waals surface area (Å²) in [5.74, 6) is 0.487. The van der Waals surface area contributed by atoms with Crippen molar-refractivity contribution in [2.24, 2.45) is 5.92 Å². The second kappa shape index (κ2) is 7.51. The van der Waals surface area contributed by atoms with Crippen LogP contribution in [0.15, 0.2) is 48.7 Å². The van der Waals surface area contributed by atoms with Gasteiger partial charge in [0.25, 0.3) is 5.91 Å². The summed E-state index contributed by atoms with van der Waals surface area (Å²) in [6.45, 7) is 4.11. The van der Waals surface area contributed by atoms with E-state index in [1.54, 1.807) is 12.3 Å². The Bertz CT molecular complexity index is 836. The van der Waals surface area contributed by atoms with Gasteiger partial charge in [0, 0.05) is 31.9 Å². The number of hydrogen-bond donors (Lipinski definition) is 0. The highest BCUT2D eigenvalue weighted by Crippen LogP contribution is 2.29. The monoisotopic (exact) mass is 363 g/mol. The standard InChI is InChI=1S/C22H25N3O2/c1-16-5-4-6-17(11-16)12-21(26)25-14-18-8-9-19(25)15-24(13-18)22(27)20-7-2-3-10-23-20/h2-7,10-11,18-19H,8-9,12-15H2,1H3/t18-,19+/m0/s1. The molecule has 0 saturated carbocycles. The van der Waals surface area contributed by atoms with Gasteiger partial charge in [0.15, 0.2) is 0 Å². The van der Waals surface area contributed by atoms with Crippen LogP contribution in [0.1, 0.15) is 34.5 Å². The lowest BCUT2D eigenvalue weighted by molar-refractivity contribution is -0.134. The number of amides is 2. The molecular formula is C22H25N3O2. The van der Waals surface area contributed by atoms with Gasteiger partial charge in [0.1, 0.15) is 5.69 Å². The van der Waals surface area contributed by atoms with Crippen LogP contribution >= 0.6 is 0 Å². The Labute approximate surface area is 160 Å². The molecule has 0 unspecified atom stereocenters. The molecule has 0 aliphatic carbocycles. The Hall–Kier alpha value is -2.69. The summed E-state index contributed by atoms with van der Waals surface area (Å²) in [7, 11) is 0. The fraction of sp³-hybridized carbons (Fsp3) is 0.409. The number of nitrogens with zero attached hydrogens (tertiary/aromatic N) is 3. The summed E-state index contributed by atoms with van der Waals surface area (Å²) < 4.78 is 0. The van der Waals surface area contributed by atoms with Crippen molar-refractivity contribution in [1.82, 2.24) is 14.8 Å². The summed E-state index contributed by atoms with van der Waals surface area (Å²) in [6.07, 6.45) is 4.12. The molecule has 2 aromatic rings. The van der Waals surface area contributed by atoms with Crippen LogP contribution in [0.3, 0.4) is 0 Å². The van der Waals surface area contributed by atoms with Crippen LogP contribution in [0.4, 0.5) is 0 Å². The molecule has 5 heteroatoms. The van der Waals surface area contributed by atoms with Crippen molar-refractivity contribution in [3.8, 4) is 0 Å². The number of pyridine rings is 1. The predicted octanol–water partition coefficient (Wildman–Crippen LogP) is 2.70. The molecule has 0 spiro atoms. The zero-order valence-electron chi connectivity index (χ0n) is 15.7. The van der Waals surface area contributed by atoms with Crippen molar-refractivity contribution in [3.63, 3.8) is 0 Å². The number of piperidine rings is 1. The Morgan fingerprint density at radius 1 is 1.07 bits per heavy atom. The Morgan fingerprint density at radius 2 is 1.96 bits per heavy atom. The number of aromatic nitrogens is 1. The molecular weight excluding hydrogens is 338 g/mol. The number of rotatable bonds is 3. The minimum atomic E-state index is -0.0273. The average Bonchev–Trinajstić information content (AvgIpc) is 3.00. The van der Waals surface area contributed by atoms with E-state index >= 15 is 0 Å². The van der Waals surface area contributed by atoms with Crippen molar-refractivity contribution in [1.29, 1.82) is 0 Å². The van der Waals surface area contributed by atoms with E-state index in [1.165, 1.54) is 5.56 Å². The van der Waals surface area contributed by atoms with E-state index in [0.717, 1.165) is 24.9 Å². The Balaban J connectivity index is 1.48. The normalized spacial score (nSPS) is 21.8. The molecule has 2 atom stereocenters. The lowest BCUT2D eigenvalue weighted by Gasteiger charge is -2.36. The van der Waals surface area contributed by atoms with E-state index in [2.05, 4.69) is 11.1 Å². The van der Waals surface area contributed by atoms with Crippen LogP contribution in [-0.4, -0.2) is 52.3 Å². The first-order valence-corrected chi connectivity index (χ1v) is 9.65. The SMILES string of the molecule is Cc1cccc(CC(=O)N2C[C@H]3CC[C@@H]2CN(C(=O)c2ccccn2)C3)c1. The molecule has 5 rings (SSSR count). The molecule has 4 heterocycles. The van der Waals surface area contributed by atoms with Gasteiger partial charge in [-0.25, -0.2) is 0 Å². The topological polar surface area (TPSA) is 53.5 Å². The molecule has 2 amide bonds. The van der Waals surface area contributed by atoms with Crippen molar-refractivity contribution in [3.05, 3.63) is 65.5 Å². The maximum atomic E-state index is 13.0. The fourth-order valence-electron chi connectivity index (χ4n) is 4.30. The second-order valence-electron chi connectivity index (χ2n) is 7.73. The molecule has 0 N–H and O–H groups in total. The number of carbonyl (C=O) groups is 2. The third kappa shape index (κ3) is 3.87. The van der Waals surface area contributed by atoms with Gasteiger partial charge in [0.2, 0.25) is 5.91 Å². The van der Waals surface area contributed by atoms with Crippen molar-refractivity contribution in [2.75, 3.05) is 19.6 Å². The van der Waals surface area contributed by atoms with Crippen LogP contribution in [0.5, 0.6) is 0 Å². The van der Waals surface area contributed by atoms with Gasteiger partial charge in [-0.3, -0.25) is 14.6 Å². The Morgan fingerprint density at radius 3 is 2.74 bits per heavy atom. The van der Waals surface area contributed by atoms with E-state index in [4.69, 9.17) is 0 Å². The van der Waals surface area contributed by atoms with Crippen molar-refractivity contribution in [2.45, 2.75) is 32.2 Å². The molecule has 140 valence electrons. The van der Waals surface area contributed by atoms with Crippen LogP contribution < -0.4 is 0 Å². The third-order valence-electron chi connectivity index (χ3n) is 5.64. The van der Waals surface area contributed by atoms with E-state index in [1.807, 2.05) is 47.1 Å². The average molecular weight is 363 g/mol. The Kier molecular flexibility index (Phi) is 4.92. The first-order valence-electron chi connectivity index (χ1n) is 9.65. The van der Waals surface area contributed by atoms with Crippen LogP contribution in [0.25, 0.3) is 0 Å². The summed E-state index contributed by atoms with van der Waals surface area (Å²) in [5, 5.41) is 0. The summed E-state index contributed by atoms with van der Waals surface area (Å²) in [4.78, 5) is 33.9. The molecule has 2 bridgehead atoms. The second-order valence-corrected chi connectivity index (χ2v) is 7.73. The number of fused-ring (bicyclic) bond motifs is 4. The van der Waals surface area contributed by atoms with Gasteiger partial charge in [0.05, 0.1) is 6.42 Å². The molecule has 5 nitrogen and oxygen atoms in total. The number of benzene rings is 1. The van der Waals surface area contributed by atoms with Crippen LogP contribution in [0, 0.1) is 12.8 Å². The number of carbonyl (C=O) groups excluding carboxylic acids is 2. The molecule has 1 aromatic carbocycles. The molecule has 3 fully saturated rings. The minimum Gasteiger partial charge on any atom is -0.337 e. The quantitative estimate of drug-likeness (QED) is 0.843. The number of hydrogen-bond acceptors (Lipinski definition) is 3. The molecule has 3 saturated heterocycles. The van der Waals surface area contributed by atoms with E-state index in [-0.39, 0.29) is 17.9 Å². The predicted molar refractivity (Wildman–Crippen MR) is 103 cm³/mol. The summed E-state index contributed by atoms with van der Waals surface area (Å²) in [6, 6.07) is 13.6.